The zero-order valence-corrected chi connectivity index (χ0v) is 14.1. The number of aliphatic hydroxyl groups excluding tert-OH is 1. The first kappa shape index (κ1) is 17.9. The van der Waals surface area contributed by atoms with Crippen LogP contribution >= 0.6 is 0 Å². The van der Waals surface area contributed by atoms with Crippen LogP contribution in [0.5, 0.6) is 11.5 Å². The third-order valence-corrected chi connectivity index (χ3v) is 3.88. The van der Waals surface area contributed by atoms with Crippen LogP contribution in [0.3, 0.4) is 0 Å². The smallest absolute Gasteiger partial charge is 0.148 e. The lowest BCUT2D eigenvalue weighted by Gasteiger charge is -2.27. The van der Waals surface area contributed by atoms with E-state index < -0.39 is 0 Å². The number of hydrogen-bond donors (Lipinski definition) is 1. The van der Waals surface area contributed by atoms with E-state index in [-0.39, 0.29) is 19.3 Å². The van der Waals surface area contributed by atoms with E-state index in [0.29, 0.717) is 6.54 Å². The summed E-state index contributed by atoms with van der Waals surface area (Å²) in [6.45, 7) is 1.03. The van der Waals surface area contributed by atoms with Crippen molar-refractivity contribution in [3.8, 4) is 23.8 Å². The molecule has 1 unspecified atom stereocenters. The summed E-state index contributed by atoms with van der Waals surface area (Å²) in [6, 6.07) is 15.5. The van der Waals surface area contributed by atoms with Gasteiger partial charge in [0.05, 0.1) is 19.8 Å². The van der Waals surface area contributed by atoms with Crippen LogP contribution in [-0.4, -0.2) is 37.4 Å². The number of benzene rings is 2. The Bertz CT molecular complexity index is 659. The Morgan fingerprint density at radius 1 is 1.08 bits per heavy atom. The van der Waals surface area contributed by atoms with Gasteiger partial charge in [0.25, 0.3) is 0 Å². The van der Waals surface area contributed by atoms with E-state index in [9.17, 15) is 5.11 Å². The highest BCUT2D eigenvalue weighted by Gasteiger charge is 2.16. The second-order valence-electron chi connectivity index (χ2n) is 5.52. The number of terminal acetylenes is 1. The highest BCUT2D eigenvalue weighted by molar-refractivity contribution is 5.30. The zero-order valence-electron chi connectivity index (χ0n) is 14.1. The first-order valence-electron chi connectivity index (χ1n) is 7.78. The van der Waals surface area contributed by atoms with Crippen LogP contribution in [0, 0.1) is 12.3 Å². The van der Waals surface area contributed by atoms with E-state index in [0.717, 1.165) is 22.6 Å². The van der Waals surface area contributed by atoms with Crippen molar-refractivity contribution >= 4 is 0 Å². The predicted octanol–water partition coefficient (Wildman–Crippen LogP) is 2.87. The minimum absolute atomic E-state index is 0.0478. The summed E-state index contributed by atoms with van der Waals surface area (Å²) in [6.07, 6.45) is 5.18. The van der Waals surface area contributed by atoms with Gasteiger partial charge in [-0.1, -0.05) is 30.2 Å². The molecule has 0 saturated carbocycles. The van der Waals surface area contributed by atoms with E-state index in [1.54, 1.807) is 7.11 Å². The number of ether oxygens (including phenoxy) is 2. The molecule has 0 saturated heterocycles. The van der Waals surface area contributed by atoms with Gasteiger partial charge in [0.2, 0.25) is 0 Å². The van der Waals surface area contributed by atoms with Crippen LogP contribution in [0.1, 0.15) is 17.2 Å². The van der Waals surface area contributed by atoms with Gasteiger partial charge in [-0.15, -0.1) is 6.42 Å². The summed E-state index contributed by atoms with van der Waals surface area (Å²) in [5, 5.41) is 9.78. The molecule has 0 bridgehead atoms. The average Bonchev–Trinajstić information content (AvgIpc) is 2.62. The maximum atomic E-state index is 9.78. The fourth-order valence-electron chi connectivity index (χ4n) is 2.54. The van der Waals surface area contributed by atoms with Gasteiger partial charge in [-0.2, -0.15) is 0 Å². The molecule has 0 fully saturated rings. The van der Waals surface area contributed by atoms with Crippen molar-refractivity contribution in [2.24, 2.45) is 0 Å². The van der Waals surface area contributed by atoms with Crippen molar-refractivity contribution in [1.82, 2.24) is 4.90 Å². The number of nitrogens with zero attached hydrogens (tertiary/aromatic N) is 1. The fourth-order valence-corrected chi connectivity index (χ4v) is 2.54. The van der Waals surface area contributed by atoms with Gasteiger partial charge in [0.1, 0.15) is 18.1 Å². The number of aliphatic hydroxyl groups is 1. The Hall–Kier alpha value is -2.48. The minimum atomic E-state index is -0.0757. The summed E-state index contributed by atoms with van der Waals surface area (Å²) in [5.41, 5.74) is 2.19. The first-order valence-corrected chi connectivity index (χ1v) is 7.78. The lowest BCUT2D eigenvalue weighted by atomic mass is 10.1. The van der Waals surface area contributed by atoms with Crippen molar-refractivity contribution < 1.29 is 14.6 Å². The second kappa shape index (κ2) is 8.97. The van der Waals surface area contributed by atoms with E-state index in [1.165, 1.54) is 0 Å². The van der Waals surface area contributed by atoms with Gasteiger partial charge in [-0.05, 0) is 42.4 Å². The number of methoxy groups -OCH3 is 1. The molecule has 1 atom stereocenters. The Labute approximate surface area is 143 Å². The molecule has 2 aromatic rings. The Morgan fingerprint density at radius 2 is 1.71 bits per heavy atom. The molecule has 0 aromatic heterocycles. The van der Waals surface area contributed by atoms with E-state index in [4.69, 9.17) is 15.9 Å². The van der Waals surface area contributed by atoms with E-state index >= 15 is 0 Å². The average molecular weight is 325 g/mol. The van der Waals surface area contributed by atoms with Gasteiger partial charge >= 0.3 is 0 Å². The van der Waals surface area contributed by atoms with E-state index in [1.807, 2.05) is 55.6 Å². The number of rotatable bonds is 8. The Morgan fingerprint density at radius 3 is 2.25 bits per heavy atom. The molecular weight excluding hydrogens is 302 g/mol. The van der Waals surface area contributed by atoms with Crippen LogP contribution < -0.4 is 9.47 Å². The van der Waals surface area contributed by atoms with Crippen LogP contribution in [0.4, 0.5) is 0 Å². The standard InChI is InChI=1S/C20H23NO3/c1-4-13-24-19-9-5-16(6-10-19)14-21(2)20(15-22)17-7-11-18(23-3)12-8-17/h1,5-12,20,22H,13-15H2,2-3H3. The normalized spacial score (nSPS) is 11.8. The van der Waals surface area contributed by atoms with E-state index in [2.05, 4.69) is 10.8 Å². The molecule has 24 heavy (non-hydrogen) atoms. The molecule has 0 spiro atoms. The third-order valence-electron chi connectivity index (χ3n) is 3.88. The molecule has 0 radical (unpaired) electrons. The summed E-state index contributed by atoms with van der Waals surface area (Å²) in [4.78, 5) is 2.11. The highest BCUT2D eigenvalue weighted by Crippen LogP contribution is 2.23. The lowest BCUT2D eigenvalue weighted by Crippen LogP contribution is -2.26. The topological polar surface area (TPSA) is 41.9 Å². The number of likely N-dealkylation sites (N-methyl/N-ethyl adjacent to an activating group) is 1. The SMILES string of the molecule is C#CCOc1ccc(CN(C)C(CO)c2ccc(OC)cc2)cc1. The van der Waals surface area contributed by atoms with Crippen LogP contribution in [0.2, 0.25) is 0 Å². The lowest BCUT2D eigenvalue weighted by molar-refractivity contribution is 0.142. The summed E-state index contributed by atoms with van der Waals surface area (Å²) >= 11 is 0. The quantitative estimate of drug-likeness (QED) is 0.758. The van der Waals surface area contributed by atoms with Gasteiger partial charge in [-0.3, -0.25) is 4.90 Å². The molecule has 0 heterocycles. The van der Waals surface area contributed by atoms with Crippen molar-refractivity contribution in [2.45, 2.75) is 12.6 Å². The molecular formula is C20H23NO3. The first-order chi connectivity index (χ1) is 11.7. The molecule has 0 aliphatic carbocycles. The van der Waals surface area contributed by atoms with Crippen LogP contribution in [-0.2, 0) is 6.54 Å². The minimum Gasteiger partial charge on any atom is -0.497 e. The maximum absolute atomic E-state index is 9.78. The molecule has 0 aliphatic rings. The van der Waals surface area contributed by atoms with Gasteiger partial charge in [0, 0.05) is 6.54 Å². The predicted molar refractivity (Wildman–Crippen MR) is 95.1 cm³/mol. The second-order valence-corrected chi connectivity index (χ2v) is 5.52. The van der Waals surface area contributed by atoms with Gasteiger partial charge in [0.15, 0.2) is 0 Å². The molecule has 126 valence electrons. The monoisotopic (exact) mass is 325 g/mol. The van der Waals surface area contributed by atoms with Gasteiger partial charge < -0.3 is 14.6 Å². The molecule has 4 heteroatoms. The van der Waals surface area contributed by atoms with Crippen molar-refractivity contribution in [2.75, 3.05) is 27.4 Å². The van der Waals surface area contributed by atoms with Crippen molar-refractivity contribution in [1.29, 1.82) is 0 Å². The third kappa shape index (κ3) is 4.76. The molecule has 4 nitrogen and oxygen atoms in total. The summed E-state index contributed by atoms with van der Waals surface area (Å²) < 4.78 is 10.6. The molecule has 2 rings (SSSR count). The molecule has 1 N–H and O–H groups in total. The number of hydrogen-bond acceptors (Lipinski definition) is 4. The highest BCUT2D eigenvalue weighted by atomic mass is 16.5. The molecule has 0 amide bonds. The zero-order chi connectivity index (χ0) is 17.4. The Balaban J connectivity index is 2.02. The molecule has 0 aliphatic heterocycles. The Kier molecular flexibility index (Phi) is 6.68. The molecule has 2 aromatic carbocycles. The van der Waals surface area contributed by atoms with Crippen molar-refractivity contribution in [3.63, 3.8) is 0 Å². The summed E-state index contributed by atoms with van der Waals surface area (Å²) in [7, 11) is 3.63. The largest absolute Gasteiger partial charge is 0.497 e. The fraction of sp³-hybridized carbons (Fsp3) is 0.300. The van der Waals surface area contributed by atoms with Crippen molar-refractivity contribution in [3.05, 3.63) is 59.7 Å². The van der Waals surface area contributed by atoms with Gasteiger partial charge in [-0.25, -0.2) is 0 Å². The van der Waals surface area contributed by atoms with Crippen LogP contribution in [0.25, 0.3) is 0 Å². The van der Waals surface area contributed by atoms with Crippen LogP contribution in [0.15, 0.2) is 48.5 Å². The maximum Gasteiger partial charge on any atom is 0.148 e. The summed E-state index contributed by atoms with van der Waals surface area (Å²) in [5.74, 6) is 4.01.